The van der Waals surface area contributed by atoms with E-state index in [-0.39, 0.29) is 5.41 Å². The average molecular weight is 184 g/mol. The minimum atomic E-state index is 0.00339. The molecule has 0 N–H and O–H groups in total. The molecule has 0 amide bonds. The van der Waals surface area contributed by atoms with Crippen LogP contribution in [-0.4, -0.2) is 12.8 Å². The molecule has 0 aromatic heterocycles. The molecule has 0 saturated carbocycles. The Morgan fingerprint density at radius 2 is 1.85 bits per heavy atom. The monoisotopic (exact) mass is 184 g/mol. The van der Waals surface area contributed by atoms with Gasteiger partial charge in [0, 0.05) is 5.41 Å². The summed E-state index contributed by atoms with van der Waals surface area (Å²) in [5.74, 6) is 0. The van der Waals surface area contributed by atoms with Gasteiger partial charge < -0.3 is 4.84 Å². The molecule has 0 saturated heterocycles. The number of hydrogen-bond acceptors (Lipinski definition) is 2. The van der Waals surface area contributed by atoms with Crippen LogP contribution < -0.4 is 0 Å². The molecule has 0 fully saturated rings. The topological polar surface area (TPSA) is 21.6 Å². The van der Waals surface area contributed by atoms with E-state index >= 15 is 0 Å². The normalized spacial score (nSPS) is 12.3. The summed E-state index contributed by atoms with van der Waals surface area (Å²) in [5, 5.41) is 3.79. The molecule has 0 aliphatic heterocycles. The van der Waals surface area contributed by atoms with Crippen LogP contribution in [0.2, 0.25) is 0 Å². The first-order chi connectivity index (χ1) is 6.06. The standard InChI is InChI=1S/C11H22NO/c1-5-6-7-8-9-13-12-10-11(2,3)4/h5-9H2,1-4H3. The summed E-state index contributed by atoms with van der Waals surface area (Å²) in [7, 11) is 0. The molecule has 0 spiro atoms. The van der Waals surface area contributed by atoms with E-state index in [1.165, 1.54) is 19.3 Å². The highest BCUT2D eigenvalue weighted by Crippen LogP contribution is 2.08. The summed E-state index contributed by atoms with van der Waals surface area (Å²) in [4.78, 5) is 5.07. The smallest absolute Gasteiger partial charge is 0.117 e. The Hall–Kier alpha value is -0.530. The van der Waals surface area contributed by atoms with Gasteiger partial charge in [-0.1, -0.05) is 45.7 Å². The third-order valence-electron chi connectivity index (χ3n) is 1.53. The second kappa shape index (κ2) is 6.93. The van der Waals surface area contributed by atoms with Crippen molar-refractivity contribution in [3.8, 4) is 0 Å². The van der Waals surface area contributed by atoms with Gasteiger partial charge in [0.15, 0.2) is 0 Å². The van der Waals surface area contributed by atoms with Crippen molar-refractivity contribution in [3.63, 3.8) is 0 Å². The zero-order valence-electron chi connectivity index (χ0n) is 9.39. The van der Waals surface area contributed by atoms with E-state index in [1.807, 2.05) is 0 Å². The Labute approximate surface area is 82.4 Å². The molecule has 0 unspecified atom stereocenters. The molecule has 77 valence electrons. The van der Waals surface area contributed by atoms with Gasteiger partial charge in [-0.05, 0) is 12.8 Å². The molecule has 13 heavy (non-hydrogen) atoms. The van der Waals surface area contributed by atoms with Crippen molar-refractivity contribution in [1.82, 2.24) is 0 Å². The minimum Gasteiger partial charge on any atom is -0.396 e. The third-order valence-corrected chi connectivity index (χ3v) is 1.53. The van der Waals surface area contributed by atoms with Gasteiger partial charge in [0.1, 0.15) is 12.8 Å². The second-order valence-electron chi connectivity index (χ2n) is 4.35. The Morgan fingerprint density at radius 3 is 2.38 bits per heavy atom. The Morgan fingerprint density at radius 1 is 1.15 bits per heavy atom. The van der Waals surface area contributed by atoms with Gasteiger partial charge in [-0.25, -0.2) is 0 Å². The van der Waals surface area contributed by atoms with Crippen LogP contribution in [0.1, 0.15) is 53.4 Å². The highest BCUT2D eigenvalue weighted by atomic mass is 16.6. The number of unbranched alkanes of at least 4 members (excludes halogenated alkanes) is 3. The molecule has 0 rings (SSSR count). The quantitative estimate of drug-likeness (QED) is 0.352. The summed E-state index contributed by atoms with van der Waals surface area (Å²) in [6, 6.07) is 0. The Bertz CT molecular complexity index is 136. The first-order valence-corrected chi connectivity index (χ1v) is 5.15. The fourth-order valence-electron chi connectivity index (χ4n) is 0.808. The summed E-state index contributed by atoms with van der Waals surface area (Å²) in [6.45, 7) is 9.08. The molecule has 0 bridgehead atoms. The van der Waals surface area contributed by atoms with Crippen LogP contribution in [0, 0.1) is 5.41 Å². The summed E-state index contributed by atoms with van der Waals surface area (Å²) >= 11 is 0. The Kier molecular flexibility index (Phi) is 6.65. The first kappa shape index (κ1) is 12.5. The van der Waals surface area contributed by atoms with Crippen molar-refractivity contribution in [1.29, 1.82) is 0 Å². The predicted octanol–water partition coefficient (Wildman–Crippen LogP) is 3.49. The summed E-state index contributed by atoms with van der Waals surface area (Å²) in [5.41, 5.74) is 0.00339. The summed E-state index contributed by atoms with van der Waals surface area (Å²) in [6.07, 6.45) is 7.80. The van der Waals surface area contributed by atoms with Crippen LogP contribution in [0.3, 0.4) is 0 Å². The molecule has 0 heterocycles. The molecule has 0 aliphatic carbocycles. The largest absolute Gasteiger partial charge is 0.396 e. The predicted molar refractivity (Wildman–Crippen MR) is 57.0 cm³/mol. The van der Waals surface area contributed by atoms with Gasteiger partial charge in [-0.15, -0.1) is 0 Å². The Balaban J connectivity index is 3.21. The van der Waals surface area contributed by atoms with Crippen LogP contribution in [0.15, 0.2) is 5.16 Å². The van der Waals surface area contributed by atoms with Crippen LogP contribution in [-0.2, 0) is 4.84 Å². The molecule has 1 radical (unpaired) electrons. The lowest BCUT2D eigenvalue weighted by Gasteiger charge is -2.07. The van der Waals surface area contributed by atoms with Crippen molar-refractivity contribution < 1.29 is 4.84 Å². The van der Waals surface area contributed by atoms with E-state index in [0.717, 1.165) is 13.0 Å². The maximum Gasteiger partial charge on any atom is 0.117 e. The van der Waals surface area contributed by atoms with Crippen LogP contribution in [0.25, 0.3) is 0 Å². The SMILES string of the molecule is CCCCCCO/N=[C]/C(C)(C)C. The molecule has 0 aromatic rings. The second-order valence-corrected chi connectivity index (χ2v) is 4.35. The maximum absolute atomic E-state index is 5.07. The van der Waals surface area contributed by atoms with E-state index in [0.29, 0.717) is 0 Å². The average Bonchev–Trinajstić information content (AvgIpc) is 2.01. The lowest BCUT2D eigenvalue weighted by molar-refractivity contribution is 0.139. The van der Waals surface area contributed by atoms with Gasteiger partial charge >= 0.3 is 0 Å². The highest BCUT2D eigenvalue weighted by molar-refractivity contribution is 5.63. The molecule has 2 nitrogen and oxygen atoms in total. The van der Waals surface area contributed by atoms with Gasteiger partial charge in [0.2, 0.25) is 0 Å². The fourth-order valence-corrected chi connectivity index (χ4v) is 0.808. The summed E-state index contributed by atoms with van der Waals surface area (Å²) < 4.78 is 0. The highest BCUT2D eigenvalue weighted by Gasteiger charge is 2.06. The van der Waals surface area contributed by atoms with Gasteiger partial charge in [0.05, 0.1) is 0 Å². The minimum absolute atomic E-state index is 0.00339. The number of rotatable bonds is 6. The van der Waals surface area contributed by atoms with Crippen molar-refractivity contribution in [3.05, 3.63) is 0 Å². The van der Waals surface area contributed by atoms with Crippen LogP contribution in [0.5, 0.6) is 0 Å². The van der Waals surface area contributed by atoms with E-state index in [2.05, 4.69) is 39.1 Å². The van der Waals surface area contributed by atoms with E-state index < -0.39 is 0 Å². The van der Waals surface area contributed by atoms with E-state index in [9.17, 15) is 0 Å². The van der Waals surface area contributed by atoms with Crippen molar-refractivity contribution in [2.24, 2.45) is 10.6 Å². The molecule has 0 atom stereocenters. The zero-order valence-corrected chi connectivity index (χ0v) is 9.39. The van der Waals surface area contributed by atoms with Crippen molar-refractivity contribution in [2.45, 2.75) is 53.4 Å². The molecule has 2 heteroatoms. The lowest BCUT2D eigenvalue weighted by Crippen LogP contribution is -2.06. The lowest BCUT2D eigenvalue weighted by atomic mass is 10.00. The molecule has 0 aromatic carbocycles. The van der Waals surface area contributed by atoms with Crippen molar-refractivity contribution >= 4 is 6.21 Å². The number of hydrogen-bond donors (Lipinski definition) is 0. The molecular weight excluding hydrogens is 162 g/mol. The van der Waals surface area contributed by atoms with E-state index in [1.54, 1.807) is 0 Å². The van der Waals surface area contributed by atoms with Crippen LogP contribution in [0.4, 0.5) is 0 Å². The molecular formula is C11H22NO. The number of nitrogens with zero attached hydrogens (tertiary/aromatic N) is 1. The molecule has 0 aliphatic rings. The maximum atomic E-state index is 5.07. The van der Waals surface area contributed by atoms with Gasteiger partial charge in [-0.3, -0.25) is 0 Å². The third kappa shape index (κ3) is 11.5. The first-order valence-electron chi connectivity index (χ1n) is 5.15. The van der Waals surface area contributed by atoms with Crippen LogP contribution >= 0.6 is 0 Å². The van der Waals surface area contributed by atoms with E-state index in [4.69, 9.17) is 4.84 Å². The van der Waals surface area contributed by atoms with Crippen molar-refractivity contribution in [2.75, 3.05) is 6.61 Å². The van der Waals surface area contributed by atoms with Gasteiger partial charge in [0.25, 0.3) is 0 Å². The fraction of sp³-hybridized carbons (Fsp3) is 0.909. The zero-order chi connectivity index (χ0) is 10.2. The van der Waals surface area contributed by atoms with Gasteiger partial charge in [-0.2, -0.15) is 0 Å².